The lowest BCUT2D eigenvalue weighted by atomic mass is 9.95. The van der Waals surface area contributed by atoms with Crippen LogP contribution in [0.15, 0.2) is 48.5 Å². The zero-order valence-electron chi connectivity index (χ0n) is 14.2. The number of thiazole rings is 1. The summed E-state index contributed by atoms with van der Waals surface area (Å²) in [4.78, 5) is 17.3. The van der Waals surface area contributed by atoms with Crippen LogP contribution in [-0.4, -0.2) is 29.0 Å². The van der Waals surface area contributed by atoms with E-state index in [1.165, 1.54) is 6.42 Å². The predicted molar refractivity (Wildman–Crippen MR) is 105 cm³/mol. The first-order valence-electron chi connectivity index (χ1n) is 9.04. The molecule has 3 aromatic rings. The molecule has 3 heterocycles. The molecule has 26 heavy (non-hydrogen) atoms. The monoisotopic (exact) mass is 364 g/mol. The normalized spacial score (nSPS) is 24.1. The minimum Gasteiger partial charge on any atom is -0.348 e. The van der Waals surface area contributed by atoms with E-state index in [1.54, 1.807) is 11.3 Å². The summed E-state index contributed by atoms with van der Waals surface area (Å²) in [5, 5.41) is 10.9. The van der Waals surface area contributed by atoms with E-state index in [1.807, 2.05) is 48.5 Å². The molecule has 0 unspecified atom stereocenters. The van der Waals surface area contributed by atoms with E-state index in [0.29, 0.717) is 17.6 Å². The number of nitrogens with zero attached hydrogens (tertiary/aromatic N) is 1. The highest BCUT2D eigenvalue weighted by Crippen LogP contribution is 2.30. The molecule has 2 aromatic carbocycles. The van der Waals surface area contributed by atoms with E-state index >= 15 is 0 Å². The van der Waals surface area contributed by atoms with Crippen molar-refractivity contribution in [1.82, 2.24) is 15.6 Å². The van der Waals surface area contributed by atoms with E-state index in [-0.39, 0.29) is 11.9 Å². The molecule has 2 fully saturated rings. The van der Waals surface area contributed by atoms with Gasteiger partial charge in [-0.25, -0.2) is 4.98 Å². The summed E-state index contributed by atoms with van der Waals surface area (Å²) in [6.45, 7) is 0. The Morgan fingerprint density at radius 1 is 1.15 bits per heavy atom. The number of amides is 1. The molecule has 6 heteroatoms. The molecule has 2 saturated heterocycles. The minimum atomic E-state index is -0.00295. The topological polar surface area (TPSA) is 66.1 Å². The smallest absolute Gasteiger partial charge is 0.251 e. The second-order valence-electron chi connectivity index (χ2n) is 7.06. The van der Waals surface area contributed by atoms with Crippen molar-refractivity contribution >= 4 is 38.3 Å². The summed E-state index contributed by atoms with van der Waals surface area (Å²) in [5.74, 6) is -0.00295. The highest BCUT2D eigenvalue weighted by Gasteiger charge is 2.39. The maximum absolute atomic E-state index is 12.6. The van der Waals surface area contributed by atoms with Crippen molar-refractivity contribution in [3.8, 4) is 0 Å². The van der Waals surface area contributed by atoms with Gasteiger partial charge in [-0.3, -0.25) is 4.79 Å². The number of para-hydroxylation sites is 1. The Labute approximate surface area is 155 Å². The fourth-order valence-electron chi connectivity index (χ4n) is 4.00. The highest BCUT2D eigenvalue weighted by atomic mass is 32.1. The van der Waals surface area contributed by atoms with E-state index in [4.69, 9.17) is 0 Å². The van der Waals surface area contributed by atoms with Gasteiger partial charge in [0.15, 0.2) is 5.13 Å². The number of hydrogen-bond donors (Lipinski definition) is 3. The summed E-state index contributed by atoms with van der Waals surface area (Å²) < 4.78 is 1.07. The number of carbonyl (C=O) groups excluding carboxylic acids is 1. The largest absolute Gasteiger partial charge is 0.348 e. The Hall–Kier alpha value is -2.44. The Morgan fingerprint density at radius 2 is 2.04 bits per heavy atom. The Balaban J connectivity index is 1.33. The first kappa shape index (κ1) is 15.8. The van der Waals surface area contributed by atoms with Crippen LogP contribution in [0.2, 0.25) is 0 Å². The zero-order valence-corrected chi connectivity index (χ0v) is 15.1. The van der Waals surface area contributed by atoms with Crippen LogP contribution in [0.5, 0.6) is 0 Å². The first-order chi connectivity index (χ1) is 12.7. The SMILES string of the molecule is O=C(N[C@@H]1C[C@H]2CC[C@@H]1N2)c1ccc2sc(Nc3ccccc3)nc2c1. The van der Waals surface area contributed by atoms with Gasteiger partial charge >= 0.3 is 0 Å². The standard InChI is InChI=1S/C20H20N4OS/c25-19(23-16-11-14-7-8-15(16)21-14)12-6-9-18-17(10-12)24-20(26-18)22-13-4-2-1-3-5-13/h1-6,9-10,14-16,21H,7-8,11H2,(H,22,24)(H,23,25)/t14-,15+,16-/m1/s1. The molecular weight excluding hydrogens is 344 g/mol. The van der Waals surface area contributed by atoms with Crippen molar-refractivity contribution in [3.05, 3.63) is 54.1 Å². The maximum atomic E-state index is 12.6. The molecule has 0 radical (unpaired) electrons. The zero-order chi connectivity index (χ0) is 17.5. The van der Waals surface area contributed by atoms with Crippen LogP contribution in [0.3, 0.4) is 0 Å². The molecule has 3 atom stereocenters. The fourth-order valence-corrected chi connectivity index (χ4v) is 4.87. The van der Waals surface area contributed by atoms with Crippen molar-refractivity contribution in [2.75, 3.05) is 5.32 Å². The summed E-state index contributed by atoms with van der Waals surface area (Å²) in [5.41, 5.74) is 2.54. The number of benzene rings is 2. The van der Waals surface area contributed by atoms with Gasteiger partial charge in [0.25, 0.3) is 5.91 Å². The third kappa shape index (κ3) is 2.95. The predicted octanol–water partition coefficient (Wildman–Crippen LogP) is 3.66. The van der Waals surface area contributed by atoms with Crippen molar-refractivity contribution in [2.45, 2.75) is 37.4 Å². The van der Waals surface area contributed by atoms with E-state index in [0.717, 1.165) is 33.9 Å². The van der Waals surface area contributed by atoms with Crippen LogP contribution in [0.4, 0.5) is 10.8 Å². The Kier molecular flexibility index (Phi) is 3.87. The van der Waals surface area contributed by atoms with Crippen molar-refractivity contribution in [2.24, 2.45) is 0 Å². The Morgan fingerprint density at radius 3 is 2.81 bits per heavy atom. The molecule has 0 spiro atoms. The van der Waals surface area contributed by atoms with Gasteiger partial charge in [-0.2, -0.15) is 0 Å². The molecule has 132 valence electrons. The average Bonchev–Trinajstić information content (AvgIpc) is 3.36. The summed E-state index contributed by atoms with van der Waals surface area (Å²) in [7, 11) is 0. The fraction of sp³-hybridized carbons (Fsp3) is 0.300. The molecule has 2 aliphatic rings. The van der Waals surface area contributed by atoms with Crippen LogP contribution < -0.4 is 16.0 Å². The molecule has 2 bridgehead atoms. The molecule has 3 N–H and O–H groups in total. The van der Waals surface area contributed by atoms with Crippen molar-refractivity contribution < 1.29 is 4.79 Å². The number of anilines is 2. The third-order valence-electron chi connectivity index (χ3n) is 5.29. The molecule has 0 aliphatic carbocycles. The van der Waals surface area contributed by atoms with Gasteiger partial charge in [0.1, 0.15) is 0 Å². The highest BCUT2D eigenvalue weighted by molar-refractivity contribution is 7.22. The van der Waals surface area contributed by atoms with Gasteiger partial charge in [0.05, 0.1) is 10.2 Å². The first-order valence-corrected chi connectivity index (χ1v) is 9.86. The van der Waals surface area contributed by atoms with Crippen LogP contribution in [-0.2, 0) is 0 Å². The number of rotatable bonds is 4. The molecule has 5 nitrogen and oxygen atoms in total. The molecule has 1 amide bonds. The molecule has 2 aliphatic heterocycles. The minimum absolute atomic E-state index is 0.00295. The van der Waals surface area contributed by atoms with Crippen molar-refractivity contribution in [1.29, 1.82) is 0 Å². The van der Waals surface area contributed by atoms with Gasteiger partial charge in [-0.1, -0.05) is 29.5 Å². The molecule has 1 aromatic heterocycles. The van der Waals surface area contributed by atoms with E-state index in [2.05, 4.69) is 20.9 Å². The quantitative estimate of drug-likeness (QED) is 0.661. The number of carbonyl (C=O) groups is 1. The number of fused-ring (bicyclic) bond motifs is 3. The third-order valence-corrected chi connectivity index (χ3v) is 6.24. The maximum Gasteiger partial charge on any atom is 0.251 e. The lowest BCUT2D eigenvalue weighted by Crippen LogP contribution is -2.42. The van der Waals surface area contributed by atoms with Crippen molar-refractivity contribution in [3.63, 3.8) is 0 Å². The lowest BCUT2D eigenvalue weighted by Gasteiger charge is -2.21. The average molecular weight is 364 g/mol. The molecule has 0 saturated carbocycles. The Bertz CT molecular complexity index is 955. The molecule has 5 rings (SSSR count). The van der Waals surface area contributed by atoms with Gasteiger partial charge < -0.3 is 16.0 Å². The number of hydrogen-bond acceptors (Lipinski definition) is 5. The molecular formula is C20H20N4OS. The van der Waals surface area contributed by atoms with Gasteiger partial charge in [-0.15, -0.1) is 0 Å². The van der Waals surface area contributed by atoms with E-state index < -0.39 is 0 Å². The summed E-state index contributed by atoms with van der Waals surface area (Å²) in [6.07, 6.45) is 3.44. The number of aromatic nitrogens is 1. The summed E-state index contributed by atoms with van der Waals surface area (Å²) >= 11 is 1.59. The van der Waals surface area contributed by atoms with Crippen LogP contribution in [0.1, 0.15) is 29.6 Å². The van der Waals surface area contributed by atoms with Gasteiger partial charge in [-0.05, 0) is 49.6 Å². The van der Waals surface area contributed by atoms with Gasteiger partial charge in [0.2, 0.25) is 0 Å². The lowest BCUT2D eigenvalue weighted by molar-refractivity contribution is 0.0931. The van der Waals surface area contributed by atoms with Crippen LogP contribution in [0, 0.1) is 0 Å². The van der Waals surface area contributed by atoms with E-state index in [9.17, 15) is 4.79 Å². The second kappa shape index (κ2) is 6.37. The van der Waals surface area contributed by atoms with Crippen LogP contribution >= 0.6 is 11.3 Å². The second-order valence-corrected chi connectivity index (χ2v) is 8.09. The summed E-state index contributed by atoms with van der Waals surface area (Å²) in [6, 6.07) is 17.0. The number of nitrogens with one attached hydrogen (secondary N) is 3. The van der Waals surface area contributed by atoms with Gasteiger partial charge in [0, 0.05) is 29.4 Å². The van der Waals surface area contributed by atoms with Crippen LogP contribution in [0.25, 0.3) is 10.2 Å².